The molecule has 1 aliphatic heterocycles. The summed E-state index contributed by atoms with van der Waals surface area (Å²) in [5, 5.41) is 0.698. The summed E-state index contributed by atoms with van der Waals surface area (Å²) < 4.78 is 8.68. The largest absolute Gasteiger partial charge is 0.447 e. The first kappa shape index (κ1) is 34.1. The number of aryl methyl sites for hydroxylation is 4. The van der Waals surface area contributed by atoms with Crippen LogP contribution in [0.15, 0.2) is 77.8 Å². The number of aromatic nitrogens is 3. The molecule has 2 aliphatic rings. The second-order valence-electron chi connectivity index (χ2n) is 12.9. The van der Waals surface area contributed by atoms with Crippen molar-refractivity contribution in [2.75, 3.05) is 26.2 Å². The van der Waals surface area contributed by atoms with E-state index in [2.05, 4.69) is 37.9 Å². The maximum absolute atomic E-state index is 14.8. The number of nitrogens with zero attached hydrogens (tertiary/aromatic N) is 6. The Morgan fingerprint density at radius 2 is 1.85 bits per heavy atom. The van der Waals surface area contributed by atoms with E-state index in [1.165, 1.54) is 5.56 Å². The van der Waals surface area contributed by atoms with Crippen molar-refractivity contribution in [3.63, 3.8) is 0 Å². The van der Waals surface area contributed by atoms with Crippen LogP contribution >= 0.6 is 27.5 Å². The minimum Gasteiger partial charge on any atom is -0.447 e. The molecule has 1 aliphatic carbocycles. The SMILES string of the molecule is Cc1cn(CCCN(Cc2ccccc2)C(=O)C2CN([C@@H]3c4ccc(Cl)cc4CCc4cc(Br)cnc43)CCN2C(=O)OC(C)C)cn1. The number of amides is 2. The average molecular weight is 734 g/mol. The molecule has 4 aromatic rings. The van der Waals surface area contributed by atoms with Gasteiger partial charge in [-0.3, -0.25) is 19.6 Å². The monoisotopic (exact) mass is 732 g/mol. The van der Waals surface area contributed by atoms with Crippen molar-refractivity contribution in [1.29, 1.82) is 0 Å². The van der Waals surface area contributed by atoms with Gasteiger partial charge in [-0.05, 0) is 96.4 Å². The Morgan fingerprint density at radius 3 is 2.60 bits per heavy atom. The molecule has 0 bridgehead atoms. The number of halogens is 2. The molecular formula is C37H42BrClN6O3. The minimum absolute atomic E-state index is 0.0972. The third kappa shape index (κ3) is 7.93. The quantitative estimate of drug-likeness (QED) is 0.188. The number of hydrogen-bond donors (Lipinski definition) is 0. The second-order valence-corrected chi connectivity index (χ2v) is 14.3. The van der Waals surface area contributed by atoms with E-state index in [0.29, 0.717) is 37.7 Å². The molecule has 1 saturated heterocycles. The van der Waals surface area contributed by atoms with Crippen LogP contribution in [0.5, 0.6) is 0 Å². The zero-order valence-electron chi connectivity index (χ0n) is 27.7. The third-order valence-electron chi connectivity index (χ3n) is 9.06. The van der Waals surface area contributed by atoms with E-state index in [1.807, 2.05) is 91.4 Å². The Bertz CT molecular complexity index is 1690. The zero-order chi connectivity index (χ0) is 33.8. The third-order valence-corrected chi connectivity index (χ3v) is 9.73. The standard InChI is InChI=1S/C37H42BrClN6O3/c1-25(2)48-37(47)45-17-16-43(35-32-13-12-31(39)19-28(32)10-11-29-18-30(38)20-40-34(29)35)23-33(45)36(46)44(22-27-8-5-4-6-9-27)15-7-14-42-21-26(3)41-24-42/h4-6,8-9,12-13,18-21,24-25,33,35H,7,10-11,14-17,22-23H2,1-3H3/t33?,35-/m1/s1. The first-order valence-electron chi connectivity index (χ1n) is 16.6. The number of ether oxygens (including phenoxy) is 1. The predicted molar refractivity (Wildman–Crippen MR) is 190 cm³/mol. The fraction of sp³-hybridized carbons (Fsp3) is 0.405. The molecule has 0 radical (unpaired) electrons. The number of rotatable bonds is 9. The Labute approximate surface area is 296 Å². The molecule has 6 rings (SSSR count). The minimum atomic E-state index is -0.748. The van der Waals surface area contributed by atoms with E-state index in [1.54, 1.807) is 4.90 Å². The Morgan fingerprint density at radius 1 is 1.06 bits per heavy atom. The molecule has 252 valence electrons. The van der Waals surface area contributed by atoms with Gasteiger partial charge in [-0.25, -0.2) is 9.78 Å². The second kappa shape index (κ2) is 15.2. The van der Waals surface area contributed by atoms with Gasteiger partial charge in [0.25, 0.3) is 0 Å². The van der Waals surface area contributed by atoms with Crippen molar-refractivity contribution >= 4 is 39.5 Å². The highest BCUT2D eigenvalue weighted by atomic mass is 79.9. The van der Waals surface area contributed by atoms with Gasteiger partial charge in [-0.15, -0.1) is 0 Å². The highest BCUT2D eigenvalue weighted by molar-refractivity contribution is 9.10. The van der Waals surface area contributed by atoms with Crippen LogP contribution in [0.25, 0.3) is 0 Å². The molecule has 0 spiro atoms. The van der Waals surface area contributed by atoms with Crippen LogP contribution in [-0.4, -0.2) is 79.6 Å². The van der Waals surface area contributed by atoms with Gasteiger partial charge in [0, 0.05) is 61.2 Å². The summed E-state index contributed by atoms with van der Waals surface area (Å²) in [6.45, 7) is 8.57. The highest BCUT2D eigenvalue weighted by Gasteiger charge is 2.42. The van der Waals surface area contributed by atoms with Crippen molar-refractivity contribution in [3.8, 4) is 0 Å². The van der Waals surface area contributed by atoms with Crippen molar-refractivity contribution < 1.29 is 14.3 Å². The molecule has 2 aromatic heterocycles. The van der Waals surface area contributed by atoms with E-state index in [9.17, 15) is 9.59 Å². The summed E-state index contributed by atoms with van der Waals surface area (Å²) in [5.41, 5.74) is 6.43. The normalized spacial score (nSPS) is 17.8. The van der Waals surface area contributed by atoms with Gasteiger partial charge >= 0.3 is 6.09 Å². The van der Waals surface area contributed by atoms with Crippen LogP contribution in [0.2, 0.25) is 5.02 Å². The summed E-state index contributed by atoms with van der Waals surface area (Å²) in [7, 11) is 0. The smallest absolute Gasteiger partial charge is 0.410 e. The average Bonchev–Trinajstić information content (AvgIpc) is 3.42. The van der Waals surface area contributed by atoms with Crippen LogP contribution in [0.4, 0.5) is 4.79 Å². The molecule has 11 heteroatoms. The maximum atomic E-state index is 14.8. The van der Waals surface area contributed by atoms with Crippen molar-refractivity contribution in [1.82, 2.24) is 29.2 Å². The Balaban J connectivity index is 1.34. The molecule has 1 fully saturated rings. The number of pyridine rings is 1. The van der Waals surface area contributed by atoms with E-state index in [0.717, 1.165) is 58.4 Å². The van der Waals surface area contributed by atoms with Crippen molar-refractivity contribution in [2.45, 2.75) is 71.3 Å². The van der Waals surface area contributed by atoms with Gasteiger partial charge in [0.1, 0.15) is 6.04 Å². The molecule has 3 heterocycles. The summed E-state index contributed by atoms with van der Waals surface area (Å²) in [6, 6.07) is 17.3. The lowest BCUT2D eigenvalue weighted by Gasteiger charge is -2.44. The lowest BCUT2D eigenvalue weighted by molar-refractivity contribution is -0.140. The number of piperazine rings is 1. The van der Waals surface area contributed by atoms with Gasteiger partial charge in [-0.2, -0.15) is 0 Å². The van der Waals surface area contributed by atoms with E-state index in [4.69, 9.17) is 21.3 Å². The van der Waals surface area contributed by atoms with Gasteiger partial charge < -0.3 is 14.2 Å². The van der Waals surface area contributed by atoms with E-state index < -0.39 is 12.1 Å². The first-order valence-corrected chi connectivity index (χ1v) is 17.8. The van der Waals surface area contributed by atoms with E-state index in [-0.39, 0.29) is 18.1 Å². The lowest BCUT2D eigenvalue weighted by atomic mass is 9.95. The molecule has 2 aromatic carbocycles. The first-order chi connectivity index (χ1) is 23.2. The summed E-state index contributed by atoms with van der Waals surface area (Å²) >= 11 is 10.1. The number of carbonyl (C=O) groups excluding carboxylic acids is 2. The topological polar surface area (TPSA) is 83.8 Å². The van der Waals surface area contributed by atoms with Gasteiger partial charge in [0.05, 0.1) is 29.9 Å². The van der Waals surface area contributed by atoms with Crippen molar-refractivity contribution in [3.05, 3.63) is 116 Å². The molecule has 2 amide bonds. The van der Waals surface area contributed by atoms with E-state index >= 15 is 0 Å². The number of benzene rings is 2. The summed E-state index contributed by atoms with van der Waals surface area (Å²) in [6.07, 6.45) is 7.31. The number of carbonyl (C=O) groups is 2. The van der Waals surface area contributed by atoms with Crippen molar-refractivity contribution in [2.24, 2.45) is 0 Å². The highest BCUT2D eigenvalue weighted by Crippen LogP contribution is 2.39. The van der Waals surface area contributed by atoms with Gasteiger partial charge in [0.15, 0.2) is 0 Å². The summed E-state index contributed by atoms with van der Waals surface area (Å²) in [4.78, 5) is 43.5. The maximum Gasteiger partial charge on any atom is 0.410 e. The molecule has 48 heavy (non-hydrogen) atoms. The van der Waals surface area contributed by atoms with Crippen LogP contribution in [-0.2, 0) is 35.5 Å². The number of fused-ring (bicyclic) bond motifs is 2. The van der Waals surface area contributed by atoms with Crippen LogP contribution in [0.3, 0.4) is 0 Å². The molecule has 0 N–H and O–H groups in total. The molecule has 0 saturated carbocycles. The van der Waals surface area contributed by atoms with Crippen LogP contribution in [0.1, 0.15) is 60.0 Å². The van der Waals surface area contributed by atoms with Crippen LogP contribution in [0, 0.1) is 6.92 Å². The molecular weight excluding hydrogens is 692 g/mol. The predicted octanol–water partition coefficient (Wildman–Crippen LogP) is 6.84. The lowest BCUT2D eigenvalue weighted by Crippen LogP contribution is -2.62. The van der Waals surface area contributed by atoms with Gasteiger partial charge in [0.2, 0.25) is 5.91 Å². The fourth-order valence-electron chi connectivity index (χ4n) is 6.84. The molecule has 9 nitrogen and oxygen atoms in total. The summed E-state index contributed by atoms with van der Waals surface area (Å²) in [5.74, 6) is -0.0972. The molecule has 1 unspecified atom stereocenters. The number of hydrogen-bond acceptors (Lipinski definition) is 6. The molecule has 2 atom stereocenters. The van der Waals surface area contributed by atoms with Crippen LogP contribution < -0.4 is 0 Å². The fourth-order valence-corrected chi connectivity index (χ4v) is 7.41. The zero-order valence-corrected chi connectivity index (χ0v) is 30.0. The Kier molecular flexibility index (Phi) is 10.8. The number of imidazole rings is 1. The van der Waals surface area contributed by atoms with Gasteiger partial charge in [-0.1, -0.05) is 48.0 Å². The Hall–Kier alpha value is -3.73.